The molecule has 0 amide bonds. The van der Waals surface area contributed by atoms with Gasteiger partial charge in [-0.1, -0.05) is 0 Å². The van der Waals surface area contributed by atoms with Crippen LogP contribution in [0, 0.1) is 0 Å². The SMILES string of the molecule is CCOCC1CCn2nccc2CN1S(C)(=O)=O. The van der Waals surface area contributed by atoms with Gasteiger partial charge in [0.25, 0.3) is 0 Å². The molecule has 1 aromatic rings. The molecule has 2 heterocycles. The number of ether oxygens (including phenoxy) is 1. The van der Waals surface area contributed by atoms with Gasteiger partial charge in [-0.15, -0.1) is 0 Å². The largest absolute Gasteiger partial charge is 0.380 e. The summed E-state index contributed by atoms with van der Waals surface area (Å²) in [7, 11) is -3.24. The zero-order valence-electron chi connectivity index (χ0n) is 10.7. The van der Waals surface area contributed by atoms with Gasteiger partial charge in [0, 0.05) is 19.3 Å². The van der Waals surface area contributed by atoms with E-state index in [0.717, 1.165) is 18.7 Å². The molecular formula is C11H19N3O3S. The fourth-order valence-electron chi connectivity index (χ4n) is 2.21. The predicted molar refractivity (Wildman–Crippen MR) is 67.5 cm³/mol. The number of sulfonamides is 1. The molecule has 0 aromatic carbocycles. The molecule has 0 N–H and O–H groups in total. The fraction of sp³-hybridized carbons (Fsp3) is 0.727. The fourth-order valence-corrected chi connectivity index (χ4v) is 3.28. The van der Waals surface area contributed by atoms with Gasteiger partial charge in [-0.05, 0) is 19.4 Å². The lowest BCUT2D eigenvalue weighted by atomic mass is 10.2. The second-order valence-corrected chi connectivity index (χ2v) is 6.39. The monoisotopic (exact) mass is 273 g/mol. The molecule has 0 spiro atoms. The van der Waals surface area contributed by atoms with Crippen LogP contribution < -0.4 is 0 Å². The summed E-state index contributed by atoms with van der Waals surface area (Å²) in [5, 5.41) is 4.20. The first-order chi connectivity index (χ1) is 8.52. The topological polar surface area (TPSA) is 64.4 Å². The van der Waals surface area contributed by atoms with E-state index in [1.807, 2.05) is 17.7 Å². The van der Waals surface area contributed by atoms with Crippen LogP contribution >= 0.6 is 0 Å². The van der Waals surface area contributed by atoms with Crippen molar-refractivity contribution in [1.82, 2.24) is 14.1 Å². The summed E-state index contributed by atoms with van der Waals surface area (Å²) in [4.78, 5) is 0. The average molecular weight is 273 g/mol. The van der Waals surface area contributed by atoms with Crippen LogP contribution in [-0.2, 0) is 27.8 Å². The van der Waals surface area contributed by atoms with Crippen LogP contribution in [-0.4, -0.2) is 48.0 Å². The standard InChI is InChI=1S/C11H19N3O3S/c1-3-17-9-11-5-7-13-10(4-6-12-13)8-14(11)18(2,15)16/h4,6,11H,3,5,7-9H2,1-2H3. The first-order valence-electron chi connectivity index (χ1n) is 6.07. The van der Waals surface area contributed by atoms with Crippen LogP contribution in [0.2, 0.25) is 0 Å². The number of rotatable bonds is 4. The van der Waals surface area contributed by atoms with E-state index in [1.54, 1.807) is 6.20 Å². The Labute approximate surface area is 108 Å². The number of aryl methyl sites for hydroxylation is 1. The van der Waals surface area contributed by atoms with Crippen molar-refractivity contribution in [1.29, 1.82) is 0 Å². The maximum absolute atomic E-state index is 11.9. The third-order valence-corrected chi connectivity index (χ3v) is 4.42. The van der Waals surface area contributed by atoms with Gasteiger partial charge < -0.3 is 4.74 Å². The molecule has 0 radical (unpaired) electrons. The third kappa shape index (κ3) is 2.90. The van der Waals surface area contributed by atoms with Gasteiger partial charge in [0.15, 0.2) is 0 Å². The molecule has 1 atom stereocenters. The summed E-state index contributed by atoms with van der Waals surface area (Å²) < 4.78 is 32.5. The minimum absolute atomic E-state index is 0.110. The Morgan fingerprint density at radius 2 is 2.33 bits per heavy atom. The van der Waals surface area contributed by atoms with E-state index in [2.05, 4.69) is 5.10 Å². The third-order valence-electron chi connectivity index (χ3n) is 3.14. The Kier molecular flexibility index (Phi) is 4.04. The quantitative estimate of drug-likeness (QED) is 0.799. The van der Waals surface area contributed by atoms with Crippen molar-refractivity contribution in [3.05, 3.63) is 18.0 Å². The molecule has 0 saturated heterocycles. The highest BCUT2D eigenvalue weighted by Gasteiger charge is 2.30. The summed E-state index contributed by atoms with van der Waals surface area (Å²) in [5.74, 6) is 0. The molecule has 18 heavy (non-hydrogen) atoms. The second kappa shape index (κ2) is 5.38. The lowest BCUT2D eigenvalue weighted by molar-refractivity contribution is 0.0935. The van der Waals surface area contributed by atoms with Crippen molar-refractivity contribution in [3.8, 4) is 0 Å². The van der Waals surface area contributed by atoms with E-state index in [9.17, 15) is 8.42 Å². The summed E-state index contributed by atoms with van der Waals surface area (Å²) in [5.41, 5.74) is 0.930. The second-order valence-electron chi connectivity index (χ2n) is 4.46. The summed E-state index contributed by atoms with van der Waals surface area (Å²) >= 11 is 0. The Hall–Kier alpha value is -0.920. The van der Waals surface area contributed by atoms with Crippen LogP contribution in [0.25, 0.3) is 0 Å². The maximum Gasteiger partial charge on any atom is 0.211 e. The van der Waals surface area contributed by atoms with Gasteiger partial charge in [0.05, 0.1) is 31.1 Å². The Morgan fingerprint density at radius 1 is 1.56 bits per heavy atom. The molecule has 0 saturated carbocycles. The minimum Gasteiger partial charge on any atom is -0.380 e. The van der Waals surface area contributed by atoms with E-state index in [4.69, 9.17) is 4.74 Å². The molecule has 0 aliphatic carbocycles. The van der Waals surface area contributed by atoms with Crippen molar-refractivity contribution in [2.24, 2.45) is 0 Å². The molecule has 0 bridgehead atoms. The van der Waals surface area contributed by atoms with Crippen LogP contribution in [0.5, 0.6) is 0 Å². The van der Waals surface area contributed by atoms with E-state index < -0.39 is 10.0 Å². The predicted octanol–water partition coefficient (Wildman–Crippen LogP) is 0.454. The van der Waals surface area contributed by atoms with E-state index in [-0.39, 0.29) is 6.04 Å². The van der Waals surface area contributed by atoms with Crippen molar-refractivity contribution >= 4 is 10.0 Å². The summed E-state index contributed by atoms with van der Waals surface area (Å²) in [6.45, 7) is 4.04. The summed E-state index contributed by atoms with van der Waals surface area (Å²) in [6, 6.07) is 1.75. The summed E-state index contributed by atoms with van der Waals surface area (Å²) in [6.07, 6.45) is 3.68. The minimum atomic E-state index is -3.24. The smallest absolute Gasteiger partial charge is 0.211 e. The maximum atomic E-state index is 11.9. The number of fused-ring (bicyclic) bond motifs is 1. The molecule has 1 aliphatic heterocycles. The van der Waals surface area contributed by atoms with Gasteiger partial charge in [0.1, 0.15) is 0 Å². The molecule has 1 aromatic heterocycles. The highest BCUT2D eigenvalue weighted by Crippen LogP contribution is 2.20. The first-order valence-corrected chi connectivity index (χ1v) is 7.92. The van der Waals surface area contributed by atoms with Gasteiger partial charge in [-0.25, -0.2) is 8.42 Å². The van der Waals surface area contributed by atoms with Crippen LogP contribution in [0.15, 0.2) is 12.3 Å². The van der Waals surface area contributed by atoms with Crippen LogP contribution in [0.4, 0.5) is 0 Å². The normalized spacial score (nSPS) is 21.6. The lowest BCUT2D eigenvalue weighted by Crippen LogP contribution is -2.41. The van der Waals surface area contributed by atoms with Crippen molar-refractivity contribution < 1.29 is 13.2 Å². The Morgan fingerprint density at radius 3 is 3.00 bits per heavy atom. The highest BCUT2D eigenvalue weighted by molar-refractivity contribution is 7.88. The number of hydrogen-bond acceptors (Lipinski definition) is 4. The number of aromatic nitrogens is 2. The average Bonchev–Trinajstić information content (AvgIpc) is 2.66. The van der Waals surface area contributed by atoms with E-state index in [0.29, 0.717) is 19.8 Å². The zero-order valence-corrected chi connectivity index (χ0v) is 11.6. The van der Waals surface area contributed by atoms with E-state index >= 15 is 0 Å². The van der Waals surface area contributed by atoms with Crippen molar-refractivity contribution in [2.75, 3.05) is 19.5 Å². The van der Waals surface area contributed by atoms with Crippen molar-refractivity contribution in [3.63, 3.8) is 0 Å². The molecule has 7 heteroatoms. The van der Waals surface area contributed by atoms with E-state index in [1.165, 1.54) is 10.6 Å². The van der Waals surface area contributed by atoms with Crippen LogP contribution in [0.1, 0.15) is 19.0 Å². The molecule has 1 unspecified atom stereocenters. The number of hydrogen-bond donors (Lipinski definition) is 0. The number of nitrogens with zero attached hydrogens (tertiary/aromatic N) is 3. The van der Waals surface area contributed by atoms with Gasteiger partial charge >= 0.3 is 0 Å². The molecule has 6 nitrogen and oxygen atoms in total. The molecule has 2 rings (SSSR count). The highest BCUT2D eigenvalue weighted by atomic mass is 32.2. The lowest BCUT2D eigenvalue weighted by Gasteiger charge is -2.26. The molecule has 102 valence electrons. The molecular weight excluding hydrogens is 254 g/mol. The van der Waals surface area contributed by atoms with Crippen LogP contribution in [0.3, 0.4) is 0 Å². The zero-order chi connectivity index (χ0) is 13.2. The first kappa shape index (κ1) is 13.5. The Balaban J connectivity index is 2.23. The Bertz CT molecular complexity index is 497. The molecule has 1 aliphatic rings. The van der Waals surface area contributed by atoms with Gasteiger partial charge in [-0.3, -0.25) is 4.68 Å². The van der Waals surface area contributed by atoms with Gasteiger partial charge in [-0.2, -0.15) is 9.40 Å². The molecule has 0 fully saturated rings. The van der Waals surface area contributed by atoms with Gasteiger partial charge in [0.2, 0.25) is 10.0 Å². The van der Waals surface area contributed by atoms with Crippen molar-refractivity contribution in [2.45, 2.75) is 32.5 Å².